The summed E-state index contributed by atoms with van der Waals surface area (Å²) in [6.45, 7) is 0.228. The summed E-state index contributed by atoms with van der Waals surface area (Å²) < 4.78 is 5.32. The third-order valence-corrected chi connectivity index (χ3v) is 2.41. The molecule has 0 amide bonds. The van der Waals surface area contributed by atoms with E-state index >= 15 is 0 Å². The number of carboxylic acid groups (broad SMARTS) is 1. The zero-order chi connectivity index (χ0) is 10.1. The zero-order valence-electron chi connectivity index (χ0n) is 7.56. The number of carbonyl (C=O) groups is 1. The molecular formula is C10H11NO3. The number of fused-ring (bicyclic) bond motifs is 1. The van der Waals surface area contributed by atoms with E-state index in [0.717, 1.165) is 5.56 Å². The van der Waals surface area contributed by atoms with Crippen molar-refractivity contribution in [3.63, 3.8) is 0 Å². The molecule has 1 aliphatic heterocycles. The van der Waals surface area contributed by atoms with Gasteiger partial charge in [0.2, 0.25) is 0 Å². The van der Waals surface area contributed by atoms with Crippen LogP contribution < -0.4 is 10.5 Å². The number of nitrogens with two attached hydrogens (primary N) is 1. The van der Waals surface area contributed by atoms with Crippen molar-refractivity contribution in [3.05, 3.63) is 23.8 Å². The molecule has 0 bridgehead atoms. The van der Waals surface area contributed by atoms with Crippen molar-refractivity contribution in [2.45, 2.75) is 6.42 Å². The predicted molar refractivity (Wildman–Crippen MR) is 51.2 cm³/mol. The Hall–Kier alpha value is -1.71. The molecule has 0 aromatic heterocycles. The summed E-state index contributed by atoms with van der Waals surface area (Å²) in [5.41, 5.74) is 7.15. The summed E-state index contributed by atoms with van der Waals surface area (Å²) in [6, 6.07) is 5.37. The monoisotopic (exact) mass is 193 g/mol. The maximum Gasteiger partial charge on any atom is 0.310 e. The van der Waals surface area contributed by atoms with Crippen LogP contribution in [0.25, 0.3) is 0 Å². The van der Waals surface area contributed by atoms with Crippen LogP contribution in [0.4, 0.5) is 5.69 Å². The quantitative estimate of drug-likeness (QED) is 0.650. The minimum absolute atomic E-state index is 0.228. The Bertz CT molecular complexity index is 376. The van der Waals surface area contributed by atoms with Crippen LogP contribution in [0.1, 0.15) is 5.56 Å². The smallest absolute Gasteiger partial charge is 0.310 e. The molecule has 3 N–H and O–H groups in total. The normalized spacial score (nSPS) is 19.6. The summed E-state index contributed by atoms with van der Waals surface area (Å²) in [7, 11) is 0. The van der Waals surface area contributed by atoms with Crippen molar-refractivity contribution in [1.82, 2.24) is 0 Å². The molecule has 0 spiro atoms. The molecule has 1 heterocycles. The van der Waals surface area contributed by atoms with E-state index in [1.807, 2.05) is 6.07 Å². The fourth-order valence-electron chi connectivity index (χ4n) is 1.59. The van der Waals surface area contributed by atoms with Gasteiger partial charge >= 0.3 is 5.97 Å². The van der Waals surface area contributed by atoms with Crippen molar-refractivity contribution in [2.75, 3.05) is 12.3 Å². The maximum atomic E-state index is 10.8. The number of anilines is 1. The van der Waals surface area contributed by atoms with Crippen LogP contribution in [0.3, 0.4) is 0 Å². The molecule has 0 saturated carbocycles. The van der Waals surface area contributed by atoms with E-state index in [1.165, 1.54) is 0 Å². The highest BCUT2D eigenvalue weighted by molar-refractivity contribution is 5.72. The molecule has 14 heavy (non-hydrogen) atoms. The Morgan fingerprint density at radius 2 is 2.36 bits per heavy atom. The second-order valence-corrected chi connectivity index (χ2v) is 3.37. The van der Waals surface area contributed by atoms with E-state index in [9.17, 15) is 4.79 Å². The minimum Gasteiger partial charge on any atom is -0.492 e. The molecule has 0 radical (unpaired) electrons. The summed E-state index contributed by atoms with van der Waals surface area (Å²) in [5, 5.41) is 8.83. The first-order chi connectivity index (χ1) is 6.68. The lowest BCUT2D eigenvalue weighted by Crippen LogP contribution is -2.28. The molecular weight excluding hydrogens is 182 g/mol. The average Bonchev–Trinajstić information content (AvgIpc) is 2.18. The van der Waals surface area contributed by atoms with E-state index in [0.29, 0.717) is 17.9 Å². The van der Waals surface area contributed by atoms with E-state index in [2.05, 4.69) is 0 Å². The topological polar surface area (TPSA) is 72.6 Å². The lowest BCUT2D eigenvalue weighted by Gasteiger charge is -2.23. The van der Waals surface area contributed by atoms with Gasteiger partial charge in [-0.05, 0) is 18.6 Å². The Balaban J connectivity index is 2.33. The lowest BCUT2D eigenvalue weighted by atomic mass is 9.96. The second-order valence-electron chi connectivity index (χ2n) is 3.37. The number of hydrogen-bond donors (Lipinski definition) is 2. The van der Waals surface area contributed by atoms with Crippen molar-refractivity contribution in [1.29, 1.82) is 0 Å². The number of aliphatic carboxylic acids is 1. The Morgan fingerprint density at radius 1 is 1.57 bits per heavy atom. The van der Waals surface area contributed by atoms with Gasteiger partial charge in [0.05, 0.1) is 5.92 Å². The van der Waals surface area contributed by atoms with E-state index < -0.39 is 11.9 Å². The van der Waals surface area contributed by atoms with Crippen LogP contribution in [-0.4, -0.2) is 17.7 Å². The molecule has 1 atom stereocenters. The van der Waals surface area contributed by atoms with Gasteiger partial charge < -0.3 is 15.6 Å². The Labute approximate surface area is 81.3 Å². The van der Waals surface area contributed by atoms with Crippen molar-refractivity contribution >= 4 is 11.7 Å². The molecule has 0 saturated heterocycles. The van der Waals surface area contributed by atoms with Crippen LogP contribution in [0, 0.1) is 5.92 Å². The van der Waals surface area contributed by atoms with Crippen LogP contribution in [0.2, 0.25) is 0 Å². The average molecular weight is 193 g/mol. The molecule has 4 heteroatoms. The van der Waals surface area contributed by atoms with Crippen LogP contribution in [0.15, 0.2) is 18.2 Å². The van der Waals surface area contributed by atoms with E-state index in [4.69, 9.17) is 15.6 Å². The number of carboxylic acids is 1. The minimum atomic E-state index is -0.834. The number of hydrogen-bond acceptors (Lipinski definition) is 3. The van der Waals surface area contributed by atoms with Gasteiger partial charge in [-0.1, -0.05) is 6.07 Å². The van der Waals surface area contributed by atoms with Gasteiger partial charge in [0.1, 0.15) is 12.4 Å². The molecule has 1 aromatic carbocycles. The third kappa shape index (κ3) is 1.39. The largest absolute Gasteiger partial charge is 0.492 e. The molecule has 1 aromatic rings. The lowest BCUT2D eigenvalue weighted by molar-refractivity contribution is -0.143. The molecule has 0 aliphatic carbocycles. The molecule has 0 fully saturated rings. The molecule has 4 nitrogen and oxygen atoms in total. The summed E-state index contributed by atoms with van der Waals surface area (Å²) in [5.74, 6) is -0.603. The predicted octanol–water partition coefficient (Wildman–Crippen LogP) is 0.905. The Kier molecular flexibility index (Phi) is 2.04. The van der Waals surface area contributed by atoms with Crippen molar-refractivity contribution in [2.24, 2.45) is 5.92 Å². The first-order valence-corrected chi connectivity index (χ1v) is 4.41. The number of ether oxygens (including phenoxy) is 1. The standard InChI is InChI=1S/C10H11NO3/c11-8-2-1-3-9-7(8)4-6(5-14-9)10(12)13/h1-3,6H,4-5,11H2,(H,12,13). The van der Waals surface area contributed by atoms with Gasteiger partial charge in [-0.15, -0.1) is 0 Å². The van der Waals surface area contributed by atoms with Gasteiger partial charge in [-0.3, -0.25) is 4.79 Å². The highest BCUT2D eigenvalue weighted by Gasteiger charge is 2.26. The summed E-state index contributed by atoms with van der Waals surface area (Å²) >= 11 is 0. The molecule has 1 unspecified atom stereocenters. The van der Waals surface area contributed by atoms with Gasteiger partial charge in [-0.2, -0.15) is 0 Å². The summed E-state index contributed by atoms with van der Waals surface area (Å²) in [4.78, 5) is 10.8. The number of benzene rings is 1. The first-order valence-electron chi connectivity index (χ1n) is 4.41. The molecule has 74 valence electrons. The third-order valence-electron chi connectivity index (χ3n) is 2.41. The number of rotatable bonds is 1. The van der Waals surface area contributed by atoms with Crippen molar-refractivity contribution < 1.29 is 14.6 Å². The van der Waals surface area contributed by atoms with Crippen LogP contribution in [0.5, 0.6) is 5.75 Å². The summed E-state index contributed by atoms with van der Waals surface area (Å²) in [6.07, 6.45) is 0.456. The SMILES string of the molecule is Nc1cccc2c1CC(C(=O)O)CO2. The fourth-order valence-corrected chi connectivity index (χ4v) is 1.59. The Morgan fingerprint density at radius 3 is 3.07 bits per heavy atom. The van der Waals surface area contributed by atoms with E-state index in [1.54, 1.807) is 12.1 Å². The first kappa shape index (κ1) is 8.87. The molecule has 1 aliphatic rings. The van der Waals surface area contributed by atoms with Crippen LogP contribution in [-0.2, 0) is 11.2 Å². The van der Waals surface area contributed by atoms with Gasteiger partial charge in [0.25, 0.3) is 0 Å². The van der Waals surface area contributed by atoms with E-state index in [-0.39, 0.29) is 6.61 Å². The maximum absolute atomic E-state index is 10.8. The highest BCUT2D eigenvalue weighted by atomic mass is 16.5. The fraction of sp³-hybridized carbons (Fsp3) is 0.300. The highest BCUT2D eigenvalue weighted by Crippen LogP contribution is 2.31. The number of nitrogen functional groups attached to an aromatic ring is 1. The van der Waals surface area contributed by atoms with Gasteiger partial charge in [-0.25, -0.2) is 0 Å². The zero-order valence-corrected chi connectivity index (χ0v) is 7.56. The van der Waals surface area contributed by atoms with Crippen LogP contribution >= 0.6 is 0 Å². The second kappa shape index (κ2) is 3.21. The van der Waals surface area contributed by atoms with Gasteiger partial charge in [0.15, 0.2) is 0 Å². The van der Waals surface area contributed by atoms with Crippen molar-refractivity contribution in [3.8, 4) is 5.75 Å². The molecule has 2 rings (SSSR count). The van der Waals surface area contributed by atoms with Gasteiger partial charge in [0, 0.05) is 11.3 Å².